The smallest absolute Gasteiger partial charge is 0.251 e. The number of nitrogens with two attached hydrogens (primary N) is 1. The molecule has 0 saturated carbocycles. The van der Waals surface area contributed by atoms with Crippen molar-refractivity contribution in [3.05, 3.63) is 65.0 Å². The van der Waals surface area contributed by atoms with Crippen LogP contribution in [0.2, 0.25) is 0 Å². The van der Waals surface area contributed by atoms with Crippen molar-refractivity contribution in [3.8, 4) is 0 Å². The van der Waals surface area contributed by atoms with Crippen molar-refractivity contribution in [1.82, 2.24) is 5.32 Å². The summed E-state index contributed by atoms with van der Waals surface area (Å²) in [6.07, 6.45) is 0.519. The Bertz CT molecular complexity index is 818. The Morgan fingerprint density at radius 2 is 1.83 bits per heavy atom. The fraction of sp³-hybridized carbons (Fsp3) is 0.188. The van der Waals surface area contributed by atoms with E-state index in [2.05, 4.69) is 5.32 Å². The molecule has 2 aromatic rings. The van der Waals surface area contributed by atoms with Gasteiger partial charge in [-0.25, -0.2) is 17.9 Å². The number of benzene rings is 2. The van der Waals surface area contributed by atoms with Gasteiger partial charge >= 0.3 is 0 Å². The van der Waals surface area contributed by atoms with Crippen molar-refractivity contribution in [2.45, 2.75) is 18.2 Å². The molecular formula is C16H17FN2O3S. The Hall–Kier alpha value is -2.25. The van der Waals surface area contributed by atoms with Crippen molar-refractivity contribution < 1.29 is 17.6 Å². The molecule has 0 atom stereocenters. The van der Waals surface area contributed by atoms with E-state index in [1.54, 1.807) is 31.2 Å². The number of carbonyl (C=O) groups is 1. The van der Waals surface area contributed by atoms with Gasteiger partial charge in [0, 0.05) is 12.1 Å². The quantitative estimate of drug-likeness (QED) is 0.872. The molecule has 0 aliphatic rings. The van der Waals surface area contributed by atoms with Gasteiger partial charge in [-0.2, -0.15) is 0 Å². The number of hydrogen-bond acceptors (Lipinski definition) is 3. The van der Waals surface area contributed by atoms with Gasteiger partial charge in [-0.15, -0.1) is 0 Å². The standard InChI is InChI=1S/C16H17FN2O3S/c1-11-2-5-13(10-15(11)17)16(20)19-9-8-12-3-6-14(7-4-12)23(18,21)22/h2-7,10H,8-9H2,1H3,(H,19,20)(H2,18,21,22). The molecule has 0 saturated heterocycles. The molecule has 0 aliphatic heterocycles. The van der Waals surface area contributed by atoms with Gasteiger partial charge in [0.1, 0.15) is 5.82 Å². The number of carbonyl (C=O) groups excluding carboxylic acids is 1. The maximum atomic E-state index is 13.4. The summed E-state index contributed by atoms with van der Waals surface area (Å²) in [5, 5.41) is 7.71. The van der Waals surface area contributed by atoms with E-state index in [1.165, 1.54) is 18.2 Å². The van der Waals surface area contributed by atoms with Crippen molar-refractivity contribution in [3.63, 3.8) is 0 Å². The molecule has 7 heteroatoms. The van der Waals surface area contributed by atoms with Crippen LogP contribution >= 0.6 is 0 Å². The zero-order valence-electron chi connectivity index (χ0n) is 12.5. The van der Waals surface area contributed by atoms with Crippen LogP contribution in [0.15, 0.2) is 47.4 Å². The first kappa shape index (κ1) is 17.1. The number of halogens is 1. The third kappa shape index (κ3) is 4.61. The van der Waals surface area contributed by atoms with Gasteiger partial charge in [0.05, 0.1) is 4.90 Å². The lowest BCUT2D eigenvalue weighted by molar-refractivity contribution is 0.0953. The monoisotopic (exact) mass is 336 g/mol. The topological polar surface area (TPSA) is 89.3 Å². The number of hydrogen-bond donors (Lipinski definition) is 2. The summed E-state index contributed by atoms with van der Waals surface area (Å²) < 4.78 is 35.7. The first-order chi connectivity index (χ1) is 10.8. The van der Waals surface area contributed by atoms with Crippen LogP contribution in [0.1, 0.15) is 21.5 Å². The third-order valence-corrected chi connectivity index (χ3v) is 4.31. The largest absolute Gasteiger partial charge is 0.352 e. The van der Waals surface area contributed by atoms with Gasteiger partial charge in [0.15, 0.2) is 0 Å². The Balaban J connectivity index is 1.91. The minimum atomic E-state index is -3.70. The van der Waals surface area contributed by atoms with Crippen LogP contribution in [-0.4, -0.2) is 20.9 Å². The Kier molecular flexibility index (Phi) is 5.12. The SMILES string of the molecule is Cc1ccc(C(=O)NCCc2ccc(S(N)(=O)=O)cc2)cc1F. The first-order valence-electron chi connectivity index (χ1n) is 6.93. The Morgan fingerprint density at radius 3 is 2.39 bits per heavy atom. The molecule has 0 aliphatic carbocycles. The average molecular weight is 336 g/mol. The van der Waals surface area contributed by atoms with Crippen LogP contribution in [-0.2, 0) is 16.4 Å². The zero-order valence-corrected chi connectivity index (χ0v) is 13.4. The zero-order chi connectivity index (χ0) is 17.0. The first-order valence-corrected chi connectivity index (χ1v) is 8.48. The minimum absolute atomic E-state index is 0.0421. The van der Waals surface area contributed by atoms with E-state index in [0.717, 1.165) is 5.56 Å². The maximum Gasteiger partial charge on any atom is 0.251 e. The molecule has 122 valence electrons. The van der Waals surface area contributed by atoms with E-state index in [0.29, 0.717) is 18.5 Å². The van der Waals surface area contributed by atoms with Crippen LogP contribution in [0.3, 0.4) is 0 Å². The second kappa shape index (κ2) is 6.89. The van der Waals surface area contributed by atoms with E-state index in [4.69, 9.17) is 5.14 Å². The highest BCUT2D eigenvalue weighted by Gasteiger charge is 2.09. The normalized spacial score (nSPS) is 11.3. The molecule has 5 nitrogen and oxygen atoms in total. The number of nitrogens with one attached hydrogen (secondary N) is 1. The highest BCUT2D eigenvalue weighted by atomic mass is 32.2. The average Bonchev–Trinajstić information content (AvgIpc) is 2.49. The number of aryl methyl sites for hydroxylation is 1. The summed E-state index contributed by atoms with van der Waals surface area (Å²) in [5.74, 6) is -0.777. The molecule has 0 fully saturated rings. The predicted molar refractivity (Wildman–Crippen MR) is 85.0 cm³/mol. The van der Waals surface area contributed by atoms with E-state index in [9.17, 15) is 17.6 Å². The Morgan fingerprint density at radius 1 is 1.17 bits per heavy atom. The van der Waals surface area contributed by atoms with Gasteiger partial charge in [-0.1, -0.05) is 18.2 Å². The summed E-state index contributed by atoms with van der Waals surface area (Å²) in [6.45, 7) is 1.98. The second-order valence-electron chi connectivity index (χ2n) is 5.16. The van der Waals surface area contributed by atoms with Crippen LogP contribution in [0, 0.1) is 12.7 Å². The summed E-state index contributed by atoms with van der Waals surface area (Å²) in [7, 11) is -3.70. The summed E-state index contributed by atoms with van der Waals surface area (Å²) in [5.41, 5.74) is 1.60. The van der Waals surface area contributed by atoms with E-state index in [1.807, 2.05) is 0 Å². The van der Waals surface area contributed by atoms with Crippen molar-refractivity contribution in [2.24, 2.45) is 5.14 Å². The molecule has 2 rings (SSSR count). The Labute approximate surface area is 134 Å². The minimum Gasteiger partial charge on any atom is -0.352 e. The third-order valence-electron chi connectivity index (χ3n) is 3.39. The van der Waals surface area contributed by atoms with Gasteiger partial charge in [0.2, 0.25) is 10.0 Å². The molecular weight excluding hydrogens is 319 g/mol. The maximum absolute atomic E-state index is 13.4. The van der Waals surface area contributed by atoms with Gasteiger partial charge in [0.25, 0.3) is 5.91 Å². The van der Waals surface area contributed by atoms with Gasteiger partial charge in [-0.05, 0) is 48.7 Å². The number of rotatable bonds is 5. The molecule has 0 aromatic heterocycles. The lowest BCUT2D eigenvalue weighted by atomic mass is 10.1. The van der Waals surface area contributed by atoms with Crippen LogP contribution in [0.4, 0.5) is 4.39 Å². The number of amides is 1. The molecule has 0 spiro atoms. The summed E-state index contributed by atoms with van der Waals surface area (Å²) >= 11 is 0. The van der Waals surface area contributed by atoms with Crippen molar-refractivity contribution in [2.75, 3.05) is 6.54 Å². The lowest BCUT2D eigenvalue weighted by Crippen LogP contribution is -2.25. The van der Waals surface area contributed by atoms with Gasteiger partial charge in [-0.3, -0.25) is 4.79 Å². The highest BCUT2D eigenvalue weighted by molar-refractivity contribution is 7.89. The van der Waals surface area contributed by atoms with E-state index in [-0.39, 0.29) is 16.4 Å². The number of sulfonamides is 1. The van der Waals surface area contributed by atoms with Crippen LogP contribution in [0.5, 0.6) is 0 Å². The molecule has 0 unspecified atom stereocenters. The summed E-state index contributed by atoms with van der Waals surface area (Å²) in [4.78, 5) is 12.0. The molecule has 0 bridgehead atoms. The number of primary sulfonamides is 1. The fourth-order valence-corrected chi connectivity index (χ4v) is 2.52. The highest BCUT2D eigenvalue weighted by Crippen LogP contribution is 2.10. The van der Waals surface area contributed by atoms with Gasteiger partial charge < -0.3 is 5.32 Å². The van der Waals surface area contributed by atoms with Crippen LogP contribution < -0.4 is 10.5 Å². The molecule has 3 N–H and O–H groups in total. The summed E-state index contributed by atoms with van der Waals surface area (Å²) in [6, 6.07) is 10.4. The van der Waals surface area contributed by atoms with Crippen molar-refractivity contribution in [1.29, 1.82) is 0 Å². The van der Waals surface area contributed by atoms with Crippen molar-refractivity contribution >= 4 is 15.9 Å². The molecule has 23 heavy (non-hydrogen) atoms. The molecule has 0 radical (unpaired) electrons. The molecule has 0 heterocycles. The van der Waals surface area contributed by atoms with E-state index >= 15 is 0 Å². The lowest BCUT2D eigenvalue weighted by Gasteiger charge is -2.07. The molecule has 2 aromatic carbocycles. The molecule has 1 amide bonds. The van der Waals surface area contributed by atoms with Crippen LogP contribution in [0.25, 0.3) is 0 Å². The second-order valence-corrected chi connectivity index (χ2v) is 6.72. The fourth-order valence-electron chi connectivity index (χ4n) is 2.00. The van der Waals surface area contributed by atoms with E-state index < -0.39 is 15.8 Å². The predicted octanol–water partition coefficient (Wildman–Crippen LogP) is 1.75.